The van der Waals surface area contributed by atoms with E-state index in [1.807, 2.05) is 68.4 Å². The molecule has 192 valence electrons. The highest BCUT2D eigenvalue weighted by molar-refractivity contribution is 6.03. The number of carbonyl (C=O) groups is 2. The van der Waals surface area contributed by atoms with Crippen molar-refractivity contribution >= 4 is 17.5 Å². The number of hydrogen-bond donors (Lipinski definition) is 0. The number of amides is 2. The summed E-state index contributed by atoms with van der Waals surface area (Å²) in [5.74, 6) is 0.382. The molecule has 36 heavy (non-hydrogen) atoms. The lowest BCUT2D eigenvalue weighted by Crippen LogP contribution is -2.47. The fraction of sp³-hybridized carbons (Fsp3) is 0.464. The highest BCUT2D eigenvalue weighted by Gasteiger charge is 2.34. The molecule has 2 aliphatic rings. The van der Waals surface area contributed by atoms with Gasteiger partial charge in [-0.1, -0.05) is 44.2 Å². The summed E-state index contributed by atoms with van der Waals surface area (Å²) in [7, 11) is 1.64. The molecule has 1 atom stereocenters. The number of rotatable bonds is 9. The van der Waals surface area contributed by atoms with Crippen molar-refractivity contribution in [3.05, 3.63) is 65.7 Å². The molecule has 0 unspecified atom stereocenters. The third-order valence-corrected chi connectivity index (χ3v) is 6.70. The van der Waals surface area contributed by atoms with Crippen molar-refractivity contribution in [3.8, 4) is 5.75 Å². The molecule has 1 fully saturated rings. The molecular formula is C28H36N4O4. The van der Waals surface area contributed by atoms with E-state index < -0.39 is 0 Å². The van der Waals surface area contributed by atoms with Crippen molar-refractivity contribution in [2.24, 2.45) is 11.0 Å². The summed E-state index contributed by atoms with van der Waals surface area (Å²) in [6.07, 6.45) is 0.605. The van der Waals surface area contributed by atoms with Gasteiger partial charge in [-0.15, -0.1) is 0 Å². The van der Waals surface area contributed by atoms with E-state index in [9.17, 15) is 9.59 Å². The molecule has 2 aliphatic heterocycles. The first-order chi connectivity index (χ1) is 17.5. The average molecular weight is 493 g/mol. The van der Waals surface area contributed by atoms with Crippen LogP contribution in [0, 0.1) is 5.92 Å². The third-order valence-electron chi connectivity index (χ3n) is 6.70. The number of benzene rings is 2. The van der Waals surface area contributed by atoms with Gasteiger partial charge in [-0.3, -0.25) is 14.5 Å². The van der Waals surface area contributed by atoms with Gasteiger partial charge in [0.25, 0.3) is 5.91 Å². The Morgan fingerprint density at radius 1 is 1.08 bits per heavy atom. The van der Waals surface area contributed by atoms with Gasteiger partial charge in [0.15, 0.2) is 0 Å². The van der Waals surface area contributed by atoms with E-state index in [1.54, 1.807) is 17.0 Å². The first kappa shape index (κ1) is 25.9. The van der Waals surface area contributed by atoms with Crippen LogP contribution in [0.1, 0.15) is 37.4 Å². The van der Waals surface area contributed by atoms with Gasteiger partial charge >= 0.3 is 0 Å². The molecule has 1 saturated heterocycles. The molecule has 0 spiro atoms. The van der Waals surface area contributed by atoms with Crippen molar-refractivity contribution in [2.75, 3.05) is 53.0 Å². The van der Waals surface area contributed by atoms with Crippen LogP contribution in [0.25, 0.3) is 0 Å². The minimum Gasteiger partial charge on any atom is -0.497 e. The van der Waals surface area contributed by atoms with Crippen LogP contribution in [0.2, 0.25) is 0 Å². The minimum absolute atomic E-state index is 0.00405. The molecule has 0 aliphatic carbocycles. The van der Waals surface area contributed by atoms with Crippen molar-refractivity contribution in [1.29, 1.82) is 0 Å². The molecule has 8 nitrogen and oxygen atoms in total. The first-order valence-corrected chi connectivity index (χ1v) is 12.6. The lowest BCUT2D eigenvalue weighted by Gasteiger charge is -2.31. The molecule has 2 heterocycles. The Morgan fingerprint density at radius 2 is 1.78 bits per heavy atom. The van der Waals surface area contributed by atoms with Crippen LogP contribution in [0.4, 0.5) is 0 Å². The van der Waals surface area contributed by atoms with E-state index in [1.165, 1.54) is 0 Å². The minimum atomic E-state index is -0.217. The van der Waals surface area contributed by atoms with Crippen LogP contribution >= 0.6 is 0 Å². The maximum Gasteiger partial charge on any atom is 0.262 e. The van der Waals surface area contributed by atoms with Crippen molar-refractivity contribution in [1.82, 2.24) is 14.8 Å². The Hall–Kier alpha value is -3.23. The monoisotopic (exact) mass is 492 g/mol. The van der Waals surface area contributed by atoms with Crippen LogP contribution < -0.4 is 4.74 Å². The second kappa shape index (κ2) is 12.1. The number of morpholine rings is 1. The van der Waals surface area contributed by atoms with E-state index in [0.717, 1.165) is 42.2 Å². The van der Waals surface area contributed by atoms with Crippen LogP contribution in [-0.2, 0) is 14.3 Å². The molecule has 2 aromatic carbocycles. The smallest absolute Gasteiger partial charge is 0.262 e. The van der Waals surface area contributed by atoms with Crippen LogP contribution in [0.5, 0.6) is 5.75 Å². The summed E-state index contributed by atoms with van der Waals surface area (Å²) in [6.45, 7) is 8.06. The van der Waals surface area contributed by atoms with E-state index in [0.29, 0.717) is 26.2 Å². The van der Waals surface area contributed by atoms with Crippen LogP contribution in [-0.4, -0.2) is 85.4 Å². The maximum atomic E-state index is 13.7. The molecule has 0 N–H and O–H groups in total. The van der Waals surface area contributed by atoms with Crippen molar-refractivity contribution in [3.63, 3.8) is 0 Å². The molecular weight excluding hydrogens is 456 g/mol. The third kappa shape index (κ3) is 6.30. The summed E-state index contributed by atoms with van der Waals surface area (Å²) >= 11 is 0. The number of carbonyl (C=O) groups excluding carboxylic acids is 2. The summed E-state index contributed by atoms with van der Waals surface area (Å²) in [6, 6.07) is 17.5. The Bertz CT molecular complexity index is 1050. The SMILES string of the molecule is COc1ccc(C2=NN(C(=O)CN(CCN3CCOCC3)C(=O)C(C)C)[C@@H](c3ccccc3)C2)cc1. The summed E-state index contributed by atoms with van der Waals surface area (Å²) in [5, 5.41) is 6.35. The Balaban J connectivity index is 1.54. The molecule has 2 aromatic rings. The van der Waals surface area contributed by atoms with Gasteiger partial charge < -0.3 is 14.4 Å². The van der Waals surface area contributed by atoms with Gasteiger partial charge in [0.1, 0.15) is 12.3 Å². The fourth-order valence-corrected chi connectivity index (χ4v) is 4.59. The van der Waals surface area contributed by atoms with Gasteiger partial charge in [0.2, 0.25) is 5.91 Å². The Morgan fingerprint density at radius 3 is 2.42 bits per heavy atom. The Kier molecular flexibility index (Phi) is 8.72. The molecule has 2 amide bonds. The number of hydrogen-bond acceptors (Lipinski definition) is 6. The van der Waals surface area contributed by atoms with E-state index in [-0.39, 0.29) is 30.3 Å². The first-order valence-electron chi connectivity index (χ1n) is 12.6. The maximum absolute atomic E-state index is 13.7. The van der Waals surface area contributed by atoms with E-state index in [2.05, 4.69) is 4.90 Å². The predicted octanol–water partition coefficient (Wildman–Crippen LogP) is 3.19. The van der Waals surface area contributed by atoms with E-state index in [4.69, 9.17) is 14.6 Å². The number of ether oxygens (including phenoxy) is 2. The van der Waals surface area contributed by atoms with E-state index >= 15 is 0 Å². The van der Waals surface area contributed by atoms with Gasteiger partial charge in [-0.05, 0) is 35.4 Å². The average Bonchev–Trinajstić information content (AvgIpc) is 3.37. The molecule has 0 saturated carbocycles. The second-order valence-electron chi connectivity index (χ2n) is 9.51. The second-order valence-corrected chi connectivity index (χ2v) is 9.51. The van der Waals surface area contributed by atoms with Crippen molar-refractivity contribution < 1.29 is 19.1 Å². The highest BCUT2D eigenvalue weighted by Crippen LogP contribution is 2.33. The zero-order chi connectivity index (χ0) is 25.5. The lowest BCUT2D eigenvalue weighted by atomic mass is 9.98. The highest BCUT2D eigenvalue weighted by atomic mass is 16.5. The predicted molar refractivity (Wildman–Crippen MR) is 139 cm³/mol. The zero-order valence-electron chi connectivity index (χ0n) is 21.4. The molecule has 8 heteroatoms. The number of methoxy groups -OCH3 is 1. The standard InChI is InChI=1S/C28H36N4O4/c1-21(2)28(34)31(14-13-30-15-17-36-18-16-30)20-27(33)32-26(23-7-5-4-6-8-23)19-25(29-32)22-9-11-24(35-3)12-10-22/h4-12,21,26H,13-20H2,1-3H3/t26-/m1/s1. The fourth-order valence-electron chi connectivity index (χ4n) is 4.59. The molecule has 0 radical (unpaired) electrons. The normalized spacial score (nSPS) is 18.3. The largest absolute Gasteiger partial charge is 0.497 e. The van der Waals surface area contributed by atoms with Gasteiger partial charge in [0.05, 0.1) is 32.1 Å². The number of hydrazone groups is 1. The number of nitrogens with zero attached hydrogens (tertiary/aromatic N) is 4. The molecule has 0 aromatic heterocycles. The molecule has 0 bridgehead atoms. The van der Waals surface area contributed by atoms with Gasteiger partial charge in [0, 0.05) is 38.5 Å². The van der Waals surface area contributed by atoms with Gasteiger partial charge in [-0.2, -0.15) is 5.10 Å². The van der Waals surface area contributed by atoms with Crippen LogP contribution in [0.3, 0.4) is 0 Å². The Labute approximate surface area is 213 Å². The molecule has 4 rings (SSSR count). The lowest BCUT2D eigenvalue weighted by molar-refractivity contribution is -0.143. The summed E-state index contributed by atoms with van der Waals surface area (Å²) in [5.41, 5.74) is 2.82. The topological polar surface area (TPSA) is 74.7 Å². The van der Waals surface area contributed by atoms with Crippen molar-refractivity contribution in [2.45, 2.75) is 26.3 Å². The summed E-state index contributed by atoms with van der Waals surface area (Å²) < 4.78 is 10.7. The quantitative estimate of drug-likeness (QED) is 0.538. The van der Waals surface area contributed by atoms with Crippen LogP contribution in [0.15, 0.2) is 59.7 Å². The zero-order valence-corrected chi connectivity index (χ0v) is 21.4. The van der Waals surface area contributed by atoms with Gasteiger partial charge in [-0.25, -0.2) is 5.01 Å². The summed E-state index contributed by atoms with van der Waals surface area (Å²) in [4.78, 5) is 30.7.